The fraction of sp³-hybridized carbons (Fsp3) is 0.688. The molecule has 0 fully saturated rings. The van der Waals surface area contributed by atoms with Crippen LogP contribution in [0, 0.1) is 0 Å². The van der Waals surface area contributed by atoms with Gasteiger partial charge in [-0.25, -0.2) is 0 Å². The summed E-state index contributed by atoms with van der Waals surface area (Å²) < 4.78 is 5.62. The lowest BCUT2D eigenvalue weighted by Crippen LogP contribution is -2.49. The Bertz CT molecular complexity index is 360. The minimum atomic E-state index is -0.194. The van der Waals surface area contributed by atoms with Crippen LogP contribution in [0.4, 0.5) is 0 Å². The first-order chi connectivity index (χ1) is 9.03. The summed E-state index contributed by atoms with van der Waals surface area (Å²) in [5.74, 6) is 0. The number of pyridine rings is 1. The zero-order valence-electron chi connectivity index (χ0n) is 13.0. The monoisotopic (exact) mass is 264 g/mol. The van der Waals surface area contributed by atoms with Gasteiger partial charge in [-0.3, -0.25) is 4.98 Å². The fourth-order valence-corrected chi connectivity index (χ4v) is 2.02. The number of aromatic nitrogens is 1. The molecule has 0 saturated heterocycles. The van der Waals surface area contributed by atoms with Crippen molar-refractivity contribution in [2.75, 3.05) is 13.7 Å². The summed E-state index contributed by atoms with van der Waals surface area (Å²) in [6.45, 7) is 9.58. The summed E-state index contributed by atoms with van der Waals surface area (Å²) in [6, 6.07) is 4.57. The maximum Gasteiger partial charge on any atom is 0.0778 e. The molecule has 0 bridgehead atoms. The van der Waals surface area contributed by atoms with Crippen molar-refractivity contribution in [1.82, 2.24) is 10.3 Å². The van der Waals surface area contributed by atoms with Gasteiger partial charge in [0.2, 0.25) is 0 Å². The Labute approximate surface area is 117 Å². The Morgan fingerprint density at radius 2 is 2.05 bits per heavy atom. The molecule has 1 heterocycles. The van der Waals surface area contributed by atoms with Gasteiger partial charge in [-0.1, -0.05) is 19.9 Å². The summed E-state index contributed by atoms with van der Waals surface area (Å²) in [5, 5.41) is 3.57. The molecule has 0 aliphatic carbocycles. The maximum absolute atomic E-state index is 5.62. The van der Waals surface area contributed by atoms with Crippen LogP contribution in [0.1, 0.15) is 45.4 Å². The van der Waals surface area contributed by atoms with Crippen molar-refractivity contribution in [1.29, 1.82) is 0 Å². The van der Waals surface area contributed by atoms with Crippen LogP contribution in [0.5, 0.6) is 0 Å². The molecule has 1 N–H and O–H groups in total. The van der Waals surface area contributed by atoms with Crippen molar-refractivity contribution >= 4 is 0 Å². The lowest BCUT2D eigenvalue weighted by atomic mass is 9.93. The molecular weight excluding hydrogens is 236 g/mol. The highest BCUT2D eigenvalue weighted by Gasteiger charge is 2.29. The number of hydrogen-bond donors (Lipinski definition) is 1. The van der Waals surface area contributed by atoms with Crippen LogP contribution in [-0.4, -0.2) is 30.3 Å². The van der Waals surface area contributed by atoms with Gasteiger partial charge in [-0.05, 0) is 44.9 Å². The predicted octanol–water partition coefficient (Wildman–Crippen LogP) is 2.98. The van der Waals surface area contributed by atoms with E-state index in [1.54, 1.807) is 7.11 Å². The van der Waals surface area contributed by atoms with E-state index >= 15 is 0 Å². The summed E-state index contributed by atoms with van der Waals surface area (Å²) in [4.78, 5) is 4.55. The zero-order chi connectivity index (χ0) is 14.3. The summed E-state index contributed by atoms with van der Waals surface area (Å²) in [7, 11) is 1.77. The minimum Gasteiger partial charge on any atom is -0.377 e. The average molecular weight is 264 g/mol. The highest BCUT2D eigenvalue weighted by molar-refractivity contribution is 5.15. The van der Waals surface area contributed by atoms with Crippen molar-refractivity contribution < 1.29 is 4.74 Å². The van der Waals surface area contributed by atoms with Gasteiger partial charge in [0.15, 0.2) is 0 Å². The Hall–Kier alpha value is -0.930. The average Bonchev–Trinajstić information content (AvgIpc) is 2.43. The quantitative estimate of drug-likeness (QED) is 0.784. The Morgan fingerprint density at radius 3 is 2.53 bits per heavy atom. The third kappa shape index (κ3) is 4.92. The van der Waals surface area contributed by atoms with Crippen LogP contribution in [-0.2, 0) is 17.6 Å². The van der Waals surface area contributed by atoms with Crippen molar-refractivity contribution in [2.24, 2.45) is 0 Å². The van der Waals surface area contributed by atoms with Gasteiger partial charge >= 0.3 is 0 Å². The van der Waals surface area contributed by atoms with Crippen molar-refractivity contribution in [3.05, 3.63) is 29.6 Å². The first-order valence-corrected chi connectivity index (χ1v) is 7.25. The molecule has 1 unspecified atom stereocenters. The molecule has 1 rings (SSSR count). The van der Waals surface area contributed by atoms with E-state index in [9.17, 15) is 0 Å². The SMILES string of the molecule is CCCNC(Cc1ccc(CC)cn1)C(C)(C)OC. The van der Waals surface area contributed by atoms with E-state index in [0.29, 0.717) is 0 Å². The van der Waals surface area contributed by atoms with Gasteiger partial charge in [0.1, 0.15) is 0 Å². The molecule has 1 atom stereocenters. The number of hydrogen-bond acceptors (Lipinski definition) is 3. The highest BCUT2D eigenvalue weighted by Crippen LogP contribution is 2.17. The normalized spacial score (nSPS) is 13.5. The third-order valence-electron chi connectivity index (χ3n) is 3.71. The van der Waals surface area contributed by atoms with Crippen LogP contribution in [0.2, 0.25) is 0 Å². The van der Waals surface area contributed by atoms with Crippen LogP contribution in [0.15, 0.2) is 18.3 Å². The highest BCUT2D eigenvalue weighted by atomic mass is 16.5. The van der Waals surface area contributed by atoms with Crippen molar-refractivity contribution in [2.45, 2.75) is 58.6 Å². The minimum absolute atomic E-state index is 0.194. The topological polar surface area (TPSA) is 34.2 Å². The summed E-state index contributed by atoms with van der Waals surface area (Å²) >= 11 is 0. The zero-order valence-corrected chi connectivity index (χ0v) is 13.0. The molecule has 0 aliphatic heterocycles. The Balaban J connectivity index is 2.75. The molecule has 0 aliphatic rings. The summed E-state index contributed by atoms with van der Waals surface area (Å²) in [6.07, 6.45) is 5.03. The fourth-order valence-electron chi connectivity index (χ4n) is 2.02. The number of aryl methyl sites for hydroxylation is 1. The van der Waals surface area contributed by atoms with Gasteiger partial charge < -0.3 is 10.1 Å². The van der Waals surface area contributed by atoms with E-state index in [1.807, 2.05) is 6.20 Å². The van der Waals surface area contributed by atoms with Gasteiger partial charge in [0, 0.05) is 31.5 Å². The Morgan fingerprint density at radius 1 is 1.32 bits per heavy atom. The van der Waals surface area contributed by atoms with Crippen LogP contribution < -0.4 is 5.32 Å². The van der Waals surface area contributed by atoms with E-state index in [1.165, 1.54) is 5.56 Å². The van der Waals surface area contributed by atoms with E-state index < -0.39 is 0 Å². The lowest BCUT2D eigenvalue weighted by Gasteiger charge is -2.34. The second-order valence-electron chi connectivity index (χ2n) is 5.53. The molecule has 0 saturated carbocycles. The van der Waals surface area contributed by atoms with E-state index in [4.69, 9.17) is 4.74 Å². The molecule has 1 aromatic heterocycles. The molecule has 0 amide bonds. The molecule has 0 aromatic carbocycles. The van der Waals surface area contributed by atoms with Gasteiger partial charge in [0.05, 0.1) is 5.60 Å². The molecule has 19 heavy (non-hydrogen) atoms. The maximum atomic E-state index is 5.62. The third-order valence-corrected chi connectivity index (χ3v) is 3.71. The van der Waals surface area contributed by atoms with Crippen LogP contribution in [0.25, 0.3) is 0 Å². The van der Waals surface area contributed by atoms with E-state index in [-0.39, 0.29) is 11.6 Å². The molecule has 0 spiro atoms. The largest absolute Gasteiger partial charge is 0.377 e. The summed E-state index contributed by atoms with van der Waals surface area (Å²) in [5.41, 5.74) is 2.21. The molecular formula is C16H28N2O. The molecule has 3 nitrogen and oxygen atoms in total. The molecule has 108 valence electrons. The lowest BCUT2D eigenvalue weighted by molar-refractivity contribution is -0.0102. The number of rotatable bonds is 8. The van der Waals surface area contributed by atoms with Gasteiger partial charge in [0.25, 0.3) is 0 Å². The second kappa shape index (κ2) is 7.61. The second-order valence-corrected chi connectivity index (χ2v) is 5.53. The van der Waals surface area contributed by atoms with Crippen molar-refractivity contribution in [3.63, 3.8) is 0 Å². The van der Waals surface area contributed by atoms with Gasteiger partial charge in [-0.15, -0.1) is 0 Å². The van der Waals surface area contributed by atoms with Crippen LogP contribution in [0.3, 0.4) is 0 Å². The van der Waals surface area contributed by atoms with E-state index in [2.05, 4.69) is 50.1 Å². The number of nitrogens with one attached hydrogen (secondary N) is 1. The van der Waals surface area contributed by atoms with Gasteiger partial charge in [-0.2, -0.15) is 0 Å². The number of methoxy groups -OCH3 is 1. The van der Waals surface area contributed by atoms with Crippen LogP contribution >= 0.6 is 0 Å². The molecule has 1 aromatic rings. The first-order valence-electron chi connectivity index (χ1n) is 7.25. The Kier molecular flexibility index (Phi) is 6.46. The molecule has 0 radical (unpaired) electrons. The molecule has 3 heteroatoms. The predicted molar refractivity (Wildman–Crippen MR) is 80.5 cm³/mol. The first kappa shape index (κ1) is 16.1. The van der Waals surface area contributed by atoms with E-state index in [0.717, 1.165) is 31.5 Å². The standard InChI is InChI=1S/C16H28N2O/c1-6-10-17-15(16(3,4)19-5)11-14-9-8-13(7-2)12-18-14/h8-9,12,15,17H,6-7,10-11H2,1-5H3. The number of ether oxygens (including phenoxy) is 1. The van der Waals surface area contributed by atoms with Crippen molar-refractivity contribution in [3.8, 4) is 0 Å². The number of nitrogens with zero attached hydrogens (tertiary/aromatic N) is 1. The smallest absolute Gasteiger partial charge is 0.0778 e.